The molecule has 0 N–H and O–H groups in total. The van der Waals surface area contributed by atoms with Gasteiger partial charge < -0.3 is 18.6 Å². The summed E-state index contributed by atoms with van der Waals surface area (Å²) < 4.78 is 81.3. The van der Waals surface area contributed by atoms with Crippen LogP contribution in [0.4, 0.5) is 17.1 Å². The fourth-order valence-corrected chi connectivity index (χ4v) is 15.2. The van der Waals surface area contributed by atoms with Crippen LogP contribution in [0.5, 0.6) is 0 Å². The number of benzene rings is 13. The van der Waals surface area contributed by atoms with Gasteiger partial charge in [-0.2, -0.15) is 0 Å². The van der Waals surface area contributed by atoms with Crippen LogP contribution in [0.25, 0.3) is 126 Å². The molecule has 2 aliphatic rings. The van der Waals surface area contributed by atoms with E-state index in [-0.39, 0.29) is 56.8 Å². The zero-order valence-corrected chi connectivity index (χ0v) is 51.4. The van der Waals surface area contributed by atoms with Crippen molar-refractivity contribution < 1.29 is 11.0 Å². The smallest absolute Gasteiger partial charge is 0.252 e. The third-order valence-electron chi connectivity index (χ3n) is 19.4. The van der Waals surface area contributed by atoms with E-state index < -0.39 is 30.9 Å². The lowest BCUT2D eigenvalue weighted by molar-refractivity contribution is 0.590. The molecular formula is C86H65BN4. The molecule has 0 bridgehead atoms. The second-order valence-electron chi connectivity index (χ2n) is 26.6. The lowest BCUT2D eigenvalue weighted by Crippen LogP contribution is -2.60. The average molecular weight is 1170 g/mol. The van der Waals surface area contributed by atoms with Gasteiger partial charge in [0, 0.05) is 71.9 Å². The first-order valence-electron chi connectivity index (χ1n) is 35.5. The van der Waals surface area contributed by atoms with Crippen molar-refractivity contribution in [1.29, 1.82) is 0 Å². The molecule has 5 heterocycles. The molecule has 18 rings (SSSR count). The summed E-state index contributed by atoms with van der Waals surface area (Å²) in [7, 11) is 0. The van der Waals surface area contributed by atoms with E-state index in [1.54, 1.807) is 4.57 Å². The van der Waals surface area contributed by atoms with Crippen molar-refractivity contribution in [3.8, 4) is 39.3 Å². The van der Waals surface area contributed by atoms with Crippen molar-refractivity contribution in [3.05, 3.63) is 296 Å². The van der Waals surface area contributed by atoms with Crippen LogP contribution in [0.2, 0.25) is 0 Å². The van der Waals surface area contributed by atoms with Crippen LogP contribution in [-0.2, 0) is 10.8 Å². The van der Waals surface area contributed by atoms with Gasteiger partial charge >= 0.3 is 0 Å². The Bertz CT molecular complexity index is 6110. The first kappa shape index (κ1) is 45.4. The van der Waals surface area contributed by atoms with E-state index >= 15 is 0 Å². The highest BCUT2D eigenvalue weighted by Gasteiger charge is 2.43. The molecule has 0 amide bonds. The Morgan fingerprint density at radius 1 is 0.319 bits per heavy atom. The number of para-hydroxylation sites is 4. The van der Waals surface area contributed by atoms with Crippen LogP contribution in [-0.4, -0.2) is 20.4 Å². The molecule has 91 heavy (non-hydrogen) atoms. The Morgan fingerprint density at radius 2 is 0.769 bits per heavy atom. The van der Waals surface area contributed by atoms with E-state index in [1.165, 1.54) is 21.9 Å². The first-order valence-corrected chi connectivity index (χ1v) is 31.5. The summed E-state index contributed by atoms with van der Waals surface area (Å²) in [6, 6.07) is 82.3. The van der Waals surface area contributed by atoms with Crippen molar-refractivity contribution in [2.75, 3.05) is 4.90 Å². The molecule has 0 saturated carbocycles. The van der Waals surface area contributed by atoms with Crippen LogP contribution in [0.15, 0.2) is 285 Å². The number of rotatable bonds is 5. The Labute approximate surface area is 541 Å². The lowest BCUT2D eigenvalue weighted by Gasteiger charge is -2.42. The van der Waals surface area contributed by atoms with E-state index in [0.29, 0.717) is 5.69 Å². The van der Waals surface area contributed by atoms with Crippen molar-refractivity contribution in [2.24, 2.45) is 0 Å². The first-order chi connectivity index (χ1) is 47.8. The summed E-state index contributed by atoms with van der Waals surface area (Å²) in [6.07, 6.45) is 0. The van der Waals surface area contributed by atoms with Gasteiger partial charge in [-0.1, -0.05) is 254 Å². The standard InChI is InChI=1S/C86H65BN4/c1-85(2,3)56-40-47-77-70(50-56)71-51-57(86(4,5)6)41-48-78(71)89(77)59-43-45-72-80(52-59)90-76-39-22-17-32-66(76)64-30-15-13-28-62(64)63-29-14-16-31-65(63)69-44-49-79-82(84(69)90)87(72)73-46-42-58(88-74-37-20-18-33-67(74)68-34-19-21-38-75(68)88)53-81(73)91(79)83-60(54-24-9-7-10-25-54)35-23-36-61(83)55-26-11-8-12-27-55/h7-53H,1-6H3/i18D,19D,20D,21D,33D,34D,37D,38D. The van der Waals surface area contributed by atoms with Crippen LogP contribution in [0.3, 0.4) is 0 Å². The van der Waals surface area contributed by atoms with Gasteiger partial charge in [0.25, 0.3) is 6.71 Å². The lowest BCUT2D eigenvalue weighted by atomic mass is 9.33. The zero-order chi connectivity index (χ0) is 68.0. The number of fused-ring (bicyclic) bond motifs is 18. The van der Waals surface area contributed by atoms with E-state index in [2.05, 4.69) is 274 Å². The highest BCUT2D eigenvalue weighted by Crippen LogP contribution is 2.50. The van der Waals surface area contributed by atoms with E-state index in [0.717, 1.165) is 121 Å². The maximum Gasteiger partial charge on any atom is 0.252 e. The Kier molecular flexibility index (Phi) is 9.88. The molecule has 0 radical (unpaired) electrons. The molecule has 3 aromatic heterocycles. The van der Waals surface area contributed by atoms with Gasteiger partial charge in [-0.05, 0) is 144 Å². The second kappa shape index (κ2) is 19.8. The van der Waals surface area contributed by atoms with Gasteiger partial charge in [0.05, 0.1) is 49.8 Å². The number of anilines is 3. The second-order valence-corrected chi connectivity index (χ2v) is 26.6. The molecule has 16 aromatic rings. The van der Waals surface area contributed by atoms with E-state index in [1.807, 2.05) is 18.2 Å². The van der Waals surface area contributed by atoms with E-state index in [9.17, 15) is 5.48 Å². The van der Waals surface area contributed by atoms with Crippen LogP contribution >= 0.6 is 0 Å². The molecule has 0 aliphatic carbocycles. The largest absolute Gasteiger partial charge is 0.310 e. The molecule has 0 spiro atoms. The molecule has 5 heteroatoms. The number of aromatic nitrogens is 3. The van der Waals surface area contributed by atoms with Crippen molar-refractivity contribution in [3.63, 3.8) is 0 Å². The Hall–Kier alpha value is -10.9. The topological polar surface area (TPSA) is 18.0 Å². The van der Waals surface area contributed by atoms with Crippen LogP contribution in [0.1, 0.15) is 63.6 Å². The third-order valence-corrected chi connectivity index (χ3v) is 19.4. The Morgan fingerprint density at radius 3 is 1.32 bits per heavy atom. The quantitative estimate of drug-likeness (QED) is 0.157. The maximum absolute atomic E-state index is 9.72. The summed E-state index contributed by atoms with van der Waals surface area (Å²) in [4.78, 5) is 2.40. The molecule has 432 valence electrons. The van der Waals surface area contributed by atoms with Gasteiger partial charge in [0.1, 0.15) is 0 Å². The molecule has 0 saturated heterocycles. The predicted octanol–water partition coefficient (Wildman–Crippen LogP) is 21.0. The monoisotopic (exact) mass is 1170 g/mol. The van der Waals surface area contributed by atoms with Gasteiger partial charge in [0.15, 0.2) is 0 Å². The highest BCUT2D eigenvalue weighted by atomic mass is 15.2. The summed E-state index contributed by atoms with van der Waals surface area (Å²) in [5, 5.41) is 8.95. The zero-order valence-electron chi connectivity index (χ0n) is 59.4. The fourth-order valence-electron chi connectivity index (χ4n) is 15.2. The minimum absolute atomic E-state index is 0.0191. The van der Waals surface area contributed by atoms with Gasteiger partial charge in [-0.25, -0.2) is 0 Å². The van der Waals surface area contributed by atoms with Gasteiger partial charge in [-0.15, -0.1) is 0 Å². The molecule has 0 atom stereocenters. The summed E-state index contributed by atoms with van der Waals surface area (Å²) in [5.74, 6) is 0. The minimum Gasteiger partial charge on any atom is -0.310 e. The normalized spacial score (nSPS) is 14.1. The average Bonchev–Trinajstić information content (AvgIpc) is 1.61. The maximum atomic E-state index is 9.72. The molecule has 13 aromatic carbocycles. The predicted molar refractivity (Wildman–Crippen MR) is 390 cm³/mol. The Balaban J connectivity index is 1.05. The molecule has 0 unspecified atom stereocenters. The summed E-state index contributed by atoms with van der Waals surface area (Å²) in [6.45, 7) is 13.2. The van der Waals surface area contributed by atoms with Crippen molar-refractivity contribution >= 4 is 127 Å². The molecule has 0 fully saturated rings. The minimum atomic E-state index is -0.492. The molecule has 2 aliphatic heterocycles. The number of hydrogen-bond donors (Lipinski definition) is 0. The third kappa shape index (κ3) is 7.96. The van der Waals surface area contributed by atoms with Crippen molar-refractivity contribution in [2.45, 2.75) is 52.4 Å². The summed E-state index contributed by atoms with van der Waals surface area (Å²) >= 11 is 0. The van der Waals surface area contributed by atoms with Gasteiger partial charge in [-0.3, -0.25) is 0 Å². The van der Waals surface area contributed by atoms with Crippen LogP contribution in [0, 0.1) is 0 Å². The van der Waals surface area contributed by atoms with Crippen LogP contribution < -0.4 is 21.3 Å². The SMILES string of the molecule is [2H]c1c([2H])c([2H])c2c(c1[2H])c1c([2H])c([2H])c([2H])c([2H])c1n2-c1ccc2c(c1)N(c1c(-c3ccccc3)cccc1-c1ccccc1)c1ccc3c4ccccc4c4ccccc4c4ccccc4n4c3c1B2c1ccc(-n2c3ccc(C(C)(C)C)cc3c3cc(C(C)(C)C)ccc32)cc1-4. The molecular weight excluding hydrogens is 1100 g/mol. The fraction of sp³-hybridized carbons (Fsp3) is 0.0930. The van der Waals surface area contributed by atoms with E-state index in [4.69, 9.17) is 5.48 Å². The number of hydrogen-bond acceptors (Lipinski definition) is 1. The highest BCUT2D eigenvalue weighted by molar-refractivity contribution is 7.00. The molecule has 4 nitrogen and oxygen atoms in total. The number of nitrogens with zero attached hydrogens (tertiary/aromatic N) is 4. The summed E-state index contributed by atoms with van der Waals surface area (Å²) in [5.41, 5.74) is 18.7. The van der Waals surface area contributed by atoms with Crippen molar-refractivity contribution in [1.82, 2.24) is 13.7 Å². The van der Waals surface area contributed by atoms with Gasteiger partial charge in [0.2, 0.25) is 0 Å².